The molecule has 0 heterocycles. The van der Waals surface area contributed by atoms with Crippen molar-refractivity contribution in [3.63, 3.8) is 0 Å². The summed E-state index contributed by atoms with van der Waals surface area (Å²) in [6.45, 7) is 6.21. The standard InChI is InChI=1S/C8H14O3.C3H4O2/c1-7(9)3-5-11-6-4-8(2)10;1-2-3(4)5/h3-10H,1-2H3;2H,1H2,(H,4,5)/b5-3+,6-4+;. The highest BCUT2D eigenvalue weighted by atomic mass is 16.5. The van der Waals surface area contributed by atoms with Crippen molar-refractivity contribution in [1.82, 2.24) is 0 Å². The molecule has 0 amide bonds. The summed E-state index contributed by atoms with van der Waals surface area (Å²) in [5.41, 5.74) is 0. The molecule has 92 valence electrons. The number of aliphatic hydroxyl groups is 2. The van der Waals surface area contributed by atoms with E-state index in [2.05, 4.69) is 6.58 Å². The highest BCUT2D eigenvalue weighted by Gasteiger charge is 1.84. The molecule has 16 heavy (non-hydrogen) atoms. The van der Waals surface area contributed by atoms with Crippen molar-refractivity contribution in [3.05, 3.63) is 37.3 Å². The molecule has 0 aromatic heterocycles. The van der Waals surface area contributed by atoms with E-state index < -0.39 is 18.2 Å². The number of ether oxygens (including phenoxy) is 1. The average Bonchev–Trinajstić information content (AvgIpc) is 2.17. The van der Waals surface area contributed by atoms with Gasteiger partial charge in [-0.2, -0.15) is 0 Å². The Morgan fingerprint density at radius 1 is 1.19 bits per heavy atom. The summed E-state index contributed by atoms with van der Waals surface area (Å²) in [6, 6.07) is 0. The lowest BCUT2D eigenvalue weighted by Crippen LogP contribution is -1.93. The Bertz CT molecular complexity index is 225. The zero-order chi connectivity index (χ0) is 13.0. The van der Waals surface area contributed by atoms with Gasteiger partial charge in [-0.15, -0.1) is 0 Å². The van der Waals surface area contributed by atoms with E-state index in [9.17, 15) is 4.79 Å². The van der Waals surface area contributed by atoms with E-state index in [0.717, 1.165) is 6.08 Å². The van der Waals surface area contributed by atoms with Gasteiger partial charge < -0.3 is 20.1 Å². The van der Waals surface area contributed by atoms with Gasteiger partial charge in [0.25, 0.3) is 0 Å². The molecule has 0 bridgehead atoms. The van der Waals surface area contributed by atoms with Crippen LogP contribution in [0, 0.1) is 0 Å². The summed E-state index contributed by atoms with van der Waals surface area (Å²) in [4.78, 5) is 9.25. The fourth-order valence-corrected chi connectivity index (χ4v) is 0.363. The molecule has 0 spiro atoms. The first-order valence-corrected chi connectivity index (χ1v) is 4.60. The van der Waals surface area contributed by atoms with E-state index in [1.807, 2.05) is 0 Å². The molecule has 0 aromatic rings. The van der Waals surface area contributed by atoms with Gasteiger partial charge in [-0.1, -0.05) is 6.58 Å². The van der Waals surface area contributed by atoms with E-state index in [1.165, 1.54) is 24.7 Å². The fourth-order valence-electron chi connectivity index (χ4n) is 0.363. The van der Waals surface area contributed by atoms with Gasteiger partial charge in [0, 0.05) is 6.08 Å². The summed E-state index contributed by atoms with van der Waals surface area (Å²) < 4.78 is 4.77. The lowest BCUT2D eigenvalue weighted by molar-refractivity contribution is -0.131. The summed E-state index contributed by atoms with van der Waals surface area (Å²) in [5.74, 6) is -0.981. The van der Waals surface area contributed by atoms with Crippen molar-refractivity contribution in [3.8, 4) is 0 Å². The number of carboxylic acids is 1. The van der Waals surface area contributed by atoms with E-state index in [4.69, 9.17) is 20.1 Å². The van der Waals surface area contributed by atoms with Crippen LogP contribution in [0.25, 0.3) is 0 Å². The minimum atomic E-state index is -0.981. The third-order valence-corrected chi connectivity index (χ3v) is 1.05. The third-order valence-electron chi connectivity index (χ3n) is 1.05. The van der Waals surface area contributed by atoms with Crippen LogP contribution in [0.1, 0.15) is 13.8 Å². The van der Waals surface area contributed by atoms with Gasteiger partial charge in [-0.3, -0.25) is 0 Å². The average molecular weight is 230 g/mol. The Kier molecular flexibility index (Phi) is 12.1. The van der Waals surface area contributed by atoms with Crippen molar-refractivity contribution < 1.29 is 24.9 Å². The van der Waals surface area contributed by atoms with Crippen molar-refractivity contribution in [1.29, 1.82) is 0 Å². The Morgan fingerprint density at radius 2 is 1.50 bits per heavy atom. The normalized spacial score (nSPS) is 14.0. The molecule has 0 saturated carbocycles. The molecule has 5 heteroatoms. The minimum Gasteiger partial charge on any atom is -0.478 e. The zero-order valence-corrected chi connectivity index (χ0v) is 9.41. The predicted octanol–water partition coefficient (Wildman–Crippen LogP) is 1.05. The van der Waals surface area contributed by atoms with Crippen LogP contribution < -0.4 is 0 Å². The number of aliphatic carboxylic acids is 1. The summed E-state index contributed by atoms with van der Waals surface area (Å²) in [7, 11) is 0. The van der Waals surface area contributed by atoms with Crippen LogP contribution in [0.5, 0.6) is 0 Å². The van der Waals surface area contributed by atoms with E-state index in [1.54, 1.807) is 13.8 Å². The van der Waals surface area contributed by atoms with Crippen LogP contribution in [-0.2, 0) is 9.53 Å². The molecule has 2 unspecified atom stereocenters. The van der Waals surface area contributed by atoms with Gasteiger partial charge in [-0.25, -0.2) is 4.79 Å². The predicted molar refractivity (Wildman–Crippen MR) is 60.6 cm³/mol. The van der Waals surface area contributed by atoms with Crippen LogP contribution in [0.2, 0.25) is 0 Å². The minimum absolute atomic E-state index is 0.505. The van der Waals surface area contributed by atoms with E-state index >= 15 is 0 Å². The largest absolute Gasteiger partial charge is 0.478 e. The third kappa shape index (κ3) is 22.8. The van der Waals surface area contributed by atoms with Crippen molar-refractivity contribution in [2.45, 2.75) is 26.1 Å². The topological polar surface area (TPSA) is 87.0 Å². The second-order valence-corrected chi connectivity index (χ2v) is 2.82. The molecule has 0 aliphatic carbocycles. The first kappa shape index (κ1) is 16.8. The Hall–Kier alpha value is -1.59. The molecule has 0 aliphatic heterocycles. The van der Waals surface area contributed by atoms with Gasteiger partial charge in [0.05, 0.1) is 24.7 Å². The van der Waals surface area contributed by atoms with Gasteiger partial charge in [0.1, 0.15) is 0 Å². The second kappa shape index (κ2) is 11.5. The highest BCUT2D eigenvalue weighted by molar-refractivity contribution is 5.78. The monoisotopic (exact) mass is 230 g/mol. The molecule has 3 N–H and O–H groups in total. The van der Waals surface area contributed by atoms with Crippen LogP contribution in [0.3, 0.4) is 0 Å². The van der Waals surface area contributed by atoms with Crippen molar-refractivity contribution in [2.75, 3.05) is 0 Å². The summed E-state index contributed by atoms with van der Waals surface area (Å²) in [6.07, 6.45) is 5.54. The quantitative estimate of drug-likeness (QED) is 0.485. The molecule has 0 fully saturated rings. The molecule has 2 atom stereocenters. The molecular weight excluding hydrogens is 212 g/mol. The maximum atomic E-state index is 9.25. The number of aliphatic hydroxyl groups excluding tert-OH is 2. The Labute approximate surface area is 95.0 Å². The lowest BCUT2D eigenvalue weighted by atomic mass is 10.4. The Morgan fingerprint density at radius 3 is 1.69 bits per heavy atom. The number of hydrogen-bond acceptors (Lipinski definition) is 4. The maximum Gasteiger partial charge on any atom is 0.327 e. The van der Waals surface area contributed by atoms with E-state index in [-0.39, 0.29) is 0 Å². The molecule has 0 radical (unpaired) electrons. The van der Waals surface area contributed by atoms with Gasteiger partial charge >= 0.3 is 5.97 Å². The van der Waals surface area contributed by atoms with Crippen LogP contribution >= 0.6 is 0 Å². The lowest BCUT2D eigenvalue weighted by Gasteiger charge is -1.94. The smallest absolute Gasteiger partial charge is 0.327 e. The first-order chi connectivity index (χ1) is 7.40. The fraction of sp³-hybridized carbons (Fsp3) is 0.364. The number of hydrogen-bond donors (Lipinski definition) is 3. The number of carboxylic acid groups (broad SMARTS) is 1. The number of rotatable bonds is 5. The summed E-state index contributed by atoms with van der Waals surface area (Å²) >= 11 is 0. The zero-order valence-electron chi connectivity index (χ0n) is 9.41. The summed E-state index contributed by atoms with van der Waals surface area (Å²) in [5, 5.41) is 25.0. The Balaban J connectivity index is 0. The van der Waals surface area contributed by atoms with Gasteiger partial charge in [0.2, 0.25) is 0 Å². The van der Waals surface area contributed by atoms with Crippen molar-refractivity contribution >= 4 is 5.97 Å². The molecule has 0 saturated heterocycles. The number of carbonyl (C=O) groups is 1. The van der Waals surface area contributed by atoms with E-state index in [0.29, 0.717) is 0 Å². The molecule has 0 aromatic carbocycles. The van der Waals surface area contributed by atoms with Gasteiger partial charge in [0.15, 0.2) is 0 Å². The van der Waals surface area contributed by atoms with Crippen LogP contribution in [0.15, 0.2) is 37.3 Å². The second-order valence-electron chi connectivity index (χ2n) is 2.82. The first-order valence-electron chi connectivity index (χ1n) is 4.60. The maximum absolute atomic E-state index is 9.25. The SMILES string of the molecule is C=CC(=O)O.CC(O)/C=C/O/C=C/C(C)O. The van der Waals surface area contributed by atoms with Crippen LogP contribution in [0.4, 0.5) is 0 Å². The highest BCUT2D eigenvalue weighted by Crippen LogP contribution is 1.87. The van der Waals surface area contributed by atoms with Gasteiger partial charge in [-0.05, 0) is 26.0 Å². The van der Waals surface area contributed by atoms with Crippen LogP contribution in [-0.4, -0.2) is 33.5 Å². The molecular formula is C11H18O5. The molecule has 0 aliphatic rings. The van der Waals surface area contributed by atoms with Crippen molar-refractivity contribution in [2.24, 2.45) is 0 Å². The molecule has 5 nitrogen and oxygen atoms in total. The molecule has 0 rings (SSSR count).